The highest BCUT2D eigenvalue weighted by atomic mass is 35.5. The summed E-state index contributed by atoms with van der Waals surface area (Å²) in [5.41, 5.74) is 0.848. The van der Waals surface area contributed by atoms with Crippen LogP contribution in [0.3, 0.4) is 0 Å². The lowest BCUT2D eigenvalue weighted by Crippen LogP contribution is -2.34. The molecule has 0 amide bonds. The molecule has 0 aliphatic rings. The lowest BCUT2D eigenvalue weighted by molar-refractivity contribution is -0.137. The molecule has 0 aliphatic carbocycles. The third kappa shape index (κ3) is 5.54. The first-order valence-corrected chi connectivity index (χ1v) is 8.04. The fourth-order valence-electron chi connectivity index (χ4n) is 1.90. The number of nitrogens with one attached hydrogen (secondary N) is 2. The summed E-state index contributed by atoms with van der Waals surface area (Å²) in [4.78, 5) is 0. The molecule has 2 aromatic rings. The summed E-state index contributed by atoms with van der Waals surface area (Å²) in [7, 11) is 0. The number of hydrogen-bond acceptors (Lipinski definition) is 1. The number of thiocarbonyl (C=S) groups is 1. The second-order valence-electron chi connectivity index (χ2n) is 4.97. The second-order valence-corrected chi connectivity index (χ2v) is 6.22. The molecule has 0 fully saturated rings. The largest absolute Gasteiger partial charge is 0.416 e. The Bertz CT molecular complexity index is 718. The van der Waals surface area contributed by atoms with Gasteiger partial charge < -0.3 is 10.6 Å². The van der Waals surface area contributed by atoms with Gasteiger partial charge in [0, 0.05) is 23.1 Å². The topological polar surface area (TPSA) is 24.1 Å². The maximum absolute atomic E-state index is 12.5. The van der Waals surface area contributed by atoms with E-state index >= 15 is 0 Å². The Labute approximate surface area is 153 Å². The summed E-state index contributed by atoms with van der Waals surface area (Å²) in [5.74, 6) is 0. The number of halogens is 5. The highest BCUT2D eigenvalue weighted by Gasteiger charge is 2.29. The minimum atomic E-state index is -4.33. The maximum atomic E-state index is 12.5. The molecule has 0 heterocycles. The van der Waals surface area contributed by atoms with E-state index in [0.29, 0.717) is 33.8 Å². The predicted octanol–water partition coefficient (Wildman–Crippen LogP) is 5.18. The van der Waals surface area contributed by atoms with Gasteiger partial charge in [-0.15, -0.1) is 0 Å². The van der Waals surface area contributed by atoms with Crippen LogP contribution in [0.1, 0.15) is 16.7 Å². The zero-order chi connectivity index (χ0) is 17.7. The van der Waals surface area contributed by atoms with Gasteiger partial charge in [-0.2, -0.15) is 13.2 Å². The van der Waals surface area contributed by atoms with Crippen LogP contribution in [0.4, 0.5) is 13.2 Å². The lowest BCUT2D eigenvalue weighted by Gasteiger charge is -2.12. The molecule has 0 atom stereocenters. The molecule has 8 heteroatoms. The zero-order valence-electron chi connectivity index (χ0n) is 12.3. The fourth-order valence-corrected chi connectivity index (χ4v) is 2.52. The van der Waals surface area contributed by atoms with Crippen LogP contribution in [-0.2, 0) is 19.3 Å². The number of hydrogen-bond donors (Lipinski definition) is 2. The van der Waals surface area contributed by atoms with E-state index < -0.39 is 11.7 Å². The molecule has 24 heavy (non-hydrogen) atoms. The van der Waals surface area contributed by atoms with Crippen molar-refractivity contribution in [3.63, 3.8) is 0 Å². The van der Waals surface area contributed by atoms with Crippen molar-refractivity contribution in [3.05, 3.63) is 69.2 Å². The summed E-state index contributed by atoms with van der Waals surface area (Å²) in [6.07, 6.45) is -4.33. The summed E-state index contributed by atoms with van der Waals surface area (Å²) in [6.45, 7) is 0.729. The first kappa shape index (κ1) is 18.8. The first-order chi connectivity index (χ1) is 11.3. The number of rotatable bonds is 4. The zero-order valence-corrected chi connectivity index (χ0v) is 14.6. The van der Waals surface area contributed by atoms with Crippen LogP contribution in [0.15, 0.2) is 42.5 Å². The van der Waals surface area contributed by atoms with Crippen LogP contribution in [0, 0.1) is 0 Å². The molecular formula is C16H13Cl2F3N2S. The van der Waals surface area contributed by atoms with Gasteiger partial charge in [0.1, 0.15) is 0 Å². The van der Waals surface area contributed by atoms with E-state index in [2.05, 4.69) is 10.6 Å². The monoisotopic (exact) mass is 392 g/mol. The van der Waals surface area contributed by atoms with Crippen molar-refractivity contribution < 1.29 is 13.2 Å². The highest BCUT2D eigenvalue weighted by molar-refractivity contribution is 7.80. The summed E-state index contributed by atoms with van der Waals surface area (Å²) >= 11 is 17.0. The third-order valence-corrected chi connectivity index (χ3v) is 4.06. The van der Waals surface area contributed by atoms with Gasteiger partial charge in [-0.25, -0.2) is 0 Å². The predicted molar refractivity (Wildman–Crippen MR) is 94.2 cm³/mol. The molecule has 0 spiro atoms. The minimum Gasteiger partial charge on any atom is -0.359 e. The molecule has 2 N–H and O–H groups in total. The van der Waals surface area contributed by atoms with Gasteiger partial charge in [0.2, 0.25) is 0 Å². The Morgan fingerprint density at radius 3 is 2.17 bits per heavy atom. The Kier molecular flexibility index (Phi) is 6.32. The van der Waals surface area contributed by atoms with Crippen molar-refractivity contribution in [2.45, 2.75) is 19.3 Å². The van der Waals surface area contributed by atoms with Crippen LogP contribution in [-0.4, -0.2) is 5.11 Å². The number of alkyl halides is 3. The molecule has 0 unspecified atom stereocenters. The second kappa shape index (κ2) is 8.05. The van der Waals surface area contributed by atoms with Crippen molar-refractivity contribution in [2.24, 2.45) is 0 Å². The lowest BCUT2D eigenvalue weighted by atomic mass is 10.1. The maximum Gasteiger partial charge on any atom is 0.416 e. The van der Waals surface area contributed by atoms with Crippen LogP contribution >= 0.6 is 35.4 Å². The van der Waals surface area contributed by atoms with Crippen LogP contribution in [0.2, 0.25) is 10.0 Å². The van der Waals surface area contributed by atoms with E-state index in [1.807, 2.05) is 0 Å². The van der Waals surface area contributed by atoms with E-state index in [1.165, 1.54) is 12.1 Å². The molecular weight excluding hydrogens is 380 g/mol. The van der Waals surface area contributed by atoms with Gasteiger partial charge in [0.25, 0.3) is 0 Å². The molecule has 2 nitrogen and oxygen atoms in total. The standard InChI is InChI=1S/C16H13Cl2F3N2S/c17-13-6-3-11(14(18)7-13)9-23-15(24)22-8-10-1-4-12(5-2-10)16(19,20)21/h1-7H,8-9H2,(H2,22,23,24). The van der Waals surface area contributed by atoms with E-state index in [4.69, 9.17) is 35.4 Å². The molecule has 2 aromatic carbocycles. The molecule has 0 saturated carbocycles. The van der Waals surface area contributed by atoms with Crippen molar-refractivity contribution in [1.29, 1.82) is 0 Å². The third-order valence-electron chi connectivity index (χ3n) is 3.19. The molecule has 128 valence electrons. The van der Waals surface area contributed by atoms with Crippen LogP contribution in [0.25, 0.3) is 0 Å². The van der Waals surface area contributed by atoms with Crippen molar-refractivity contribution in [3.8, 4) is 0 Å². The Morgan fingerprint density at radius 1 is 0.958 bits per heavy atom. The molecule has 0 saturated heterocycles. The van der Waals surface area contributed by atoms with Crippen molar-refractivity contribution in [1.82, 2.24) is 10.6 Å². The highest BCUT2D eigenvalue weighted by Crippen LogP contribution is 2.29. The summed E-state index contributed by atoms with van der Waals surface area (Å²) in [6, 6.07) is 10.1. The van der Waals surface area contributed by atoms with E-state index in [0.717, 1.165) is 17.7 Å². The van der Waals surface area contributed by atoms with Gasteiger partial charge in [-0.05, 0) is 47.6 Å². The smallest absolute Gasteiger partial charge is 0.359 e. The fraction of sp³-hybridized carbons (Fsp3) is 0.188. The Hall–Kier alpha value is -1.50. The first-order valence-electron chi connectivity index (χ1n) is 6.87. The summed E-state index contributed by atoms with van der Waals surface area (Å²) < 4.78 is 37.5. The average Bonchev–Trinajstić information content (AvgIpc) is 2.51. The SMILES string of the molecule is FC(F)(F)c1ccc(CNC(=S)NCc2ccc(Cl)cc2Cl)cc1. The Balaban J connectivity index is 1.83. The van der Waals surface area contributed by atoms with E-state index in [-0.39, 0.29) is 0 Å². The van der Waals surface area contributed by atoms with E-state index in [1.54, 1.807) is 18.2 Å². The summed E-state index contributed by atoms with van der Waals surface area (Å²) in [5, 5.41) is 7.36. The molecule has 0 aliphatic heterocycles. The normalized spacial score (nSPS) is 11.2. The van der Waals surface area contributed by atoms with Gasteiger partial charge in [-0.3, -0.25) is 0 Å². The van der Waals surface area contributed by atoms with Gasteiger partial charge in [0.05, 0.1) is 5.56 Å². The van der Waals surface area contributed by atoms with Gasteiger partial charge in [-0.1, -0.05) is 41.4 Å². The average molecular weight is 393 g/mol. The van der Waals surface area contributed by atoms with Crippen LogP contribution in [0.5, 0.6) is 0 Å². The molecule has 2 rings (SSSR count). The Morgan fingerprint density at radius 2 is 1.58 bits per heavy atom. The van der Waals surface area contributed by atoms with Gasteiger partial charge in [0.15, 0.2) is 5.11 Å². The van der Waals surface area contributed by atoms with Crippen LogP contribution < -0.4 is 10.6 Å². The van der Waals surface area contributed by atoms with E-state index in [9.17, 15) is 13.2 Å². The molecule has 0 bridgehead atoms. The molecule has 0 radical (unpaired) electrons. The van der Waals surface area contributed by atoms with Crippen molar-refractivity contribution >= 4 is 40.5 Å². The molecule has 0 aromatic heterocycles. The number of benzene rings is 2. The quantitative estimate of drug-likeness (QED) is 0.701. The van der Waals surface area contributed by atoms with Gasteiger partial charge >= 0.3 is 6.18 Å². The van der Waals surface area contributed by atoms with Crippen molar-refractivity contribution in [2.75, 3.05) is 0 Å². The minimum absolute atomic E-state index is 0.318.